The van der Waals surface area contributed by atoms with Crippen LogP contribution in [0.4, 0.5) is 0 Å². The van der Waals surface area contributed by atoms with Crippen LogP contribution in [-0.2, 0) is 17.9 Å². The van der Waals surface area contributed by atoms with E-state index in [0.29, 0.717) is 24.4 Å². The van der Waals surface area contributed by atoms with Crippen LogP contribution in [0.15, 0.2) is 64.2 Å². The number of para-hydroxylation sites is 1. The topological polar surface area (TPSA) is 99.2 Å². The number of fused-ring (bicyclic) bond motifs is 1. The zero-order chi connectivity index (χ0) is 22.5. The Bertz CT molecular complexity index is 1290. The summed E-state index contributed by atoms with van der Waals surface area (Å²) in [6.07, 6.45) is 1.56. The van der Waals surface area contributed by atoms with Crippen molar-refractivity contribution in [2.75, 3.05) is 6.61 Å². The number of carbonyl (C=O) groups excluding carboxylic acids is 1. The second kappa shape index (κ2) is 9.47. The Morgan fingerprint density at radius 2 is 1.94 bits per heavy atom. The van der Waals surface area contributed by atoms with Gasteiger partial charge in [0, 0.05) is 30.6 Å². The number of nitrogens with zero attached hydrogens (tertiary/aromatic N) is 3. The summed E-state index contributed by atoms with van der Waals surface area (Å²) in [5, 5.41) is 6.90. The van der Waals surface area contributed by atoms with E-state index in [1.54, 1.807) is 0 Å². The van der Waals surface area contributed by atoms with Crippen molar-refractivity contribution in [2.24, 2.45) is 0 Å². The number of aromatic nitrogens is 3. The van der Waals surface area contributed by atoms with Gasteiger partial charge < -0.3 is 14.6 Å². The van der Waals surface area contributed by atoms with Crippen LogP contribution in [0, 0.1) is 6.92 Å². The number of hydrogen-bond acceptors (Lipinski definition) is 6. The highest BCUT2D eigenvalue weighted by molar-refractivity contribution is 5.87. The molecule has 164 valence electrons. The maximum absolute atomic E-state index is 12.8. The fourth-order valence-corrected chi connectivity index (χ4v) is 3.37. The minimum absolute atomic E-state index is 0.0779. The number of hydrogen-bond donors (Lipinski definition) is 1. The molecule has 0 radical (unpaired) electrons. The van der Waals surface area contributed by atoms with E-state index in [2.05, 4.69) is 15.5 Å². The minimum Gasteiger partial charge on any atom is -0.494 e. The monoisotopic (exact) mass is 432 g/mol. The van der Waals surface area contributed by atoms with Crippen molar-refractivity contribution in [3.63, 3.8) is 0 Å². The third-order valence-electron chi connectivity index (χ3n) is 5.10. The van der Waals surface area contributed by atoms with Crippen LogP contribution in [0.5, 0.6) is 5.75 Å². The van der Waals surface area contributed by atoms with Gasteiger partial charge in [-0.3, -0.25) is 14.2 Å². The standard InChI is InChI=1S/C24H24N4O4/c1-3-31-19-7-5-4-6-18(19)14-25-20(29)12-13-28-15-26-22-21(27-32-23(22)24(28)30)17-10-8-16(2)9-11-17/h4-11,15H,3,12-14H2,1-2H3,(H,25,29). The molecule has 0 saturated heterocycles. The molecule has 0 aliphatic carbocycles. The number of ether oxygens (including phenoxy) is 1. The first-order valence-electron chi connectivity index (χ1n) is 10.5. The first kappa shape index (κ1) is 21.3. The molecule has 0 unspecified atom stereocenters. The Morgan fingerprint density at radius 1 is 1.16 bits per heavy atom. The molecule has 0 saturated carbocycles. The van der Waals surface area contributed by atoms with Gasteiger partial charge in [0.25, 0.3) is 11.1 Å². The molecule has 0 aliphatic heterocycles. The Balaban J connectivity index is 1.42. The molecule has 2 aromatic heterocycles. The molecule has 0 bridgehead atoms. The third-order valence-corrected chi connectivity index (χ3v) is 5.10. The van der Waals surface area contributed by atoms with Crippen LogP contribution in [0.3, 0.4) is 0 Å². The number of amides is 1. The molecule has 8 nitrogen and oxygen atoms in total. The molecule has 0 atom stereocenters. The normalized spacial score (nSPS) is 10.9. The number of aryl methyl sites for hydroxylation is 2. The second-order valence-corrected chi connectivity index (χ2v) is 7.39. The molecule has 0 spiro atoms. The summed E-state index contributed by atoms with van der Waals surface area (Å²) in [7, 11) is 0. The summed E-state index contributed by atoms with van der Waals surface area (Å²) in [5.41, 5.74) is 3.49. The van der Waals surface area contributed by atoms with Crippen LogP contribution < -0.4 is 15.6 Å². The van der Waals surface area contributed by atoms with E-state index in [1.807, 2.05) is 62.4 Å². The van der Waals surface area contributed by atoms with Crippen LogP contribution >= 0.6 is 0 Å². The lowest BCUT2D eigenvalue weighted by Crippen LogP contribution is -2.27. The average Bonchev–Trinajstić information content (AvgIpc) is 3.24. The SMILES string of the molecule is CCOc1ccccc1CNC(=O)CCn1cnc2c(-c3ccc(C)cc3)noc2c1=O. The molecular weight excluding hydrogens is 408 g/mol. The van der Waals surface area contributed by atoms with Crippen LogP contribution in [-0.4, -0.2) is 27.2 Å². The molecule has 0 aliphatic rings. The van der Waals surface area contributed by atoms with Crippen molar-refractivity contribution in [3.8, 4) is 17.0 Å². The van der Waals surface area contributed by atoms with Gasteiger partial charge in [0.05, 0.1) is 12.9 Å². The van der Waals surface area contributed by atoms with Crippen molar-refractivity contribution < 1.29 is 14.1 Å². The summed E-state index contributed by atoms with van der Waals surface area (Å²) >= 11 is 0. The fourth-order valence-electron chi connectivity index (χ4n) is 3.37. The number of rotatable bonds is 8. The molecule has 0 fully saturated rings. The van der Waals surface area contributed by atoms with Crippen molar-refractivity contribution in [2.45, 2.75) is 33.4 Å². The second-order valence-electron chi connectivity index (χ2n) is 7.39. The Kier molecular flexibility index (Phi) is 6.30. The Labute approximate surface area is 184 Å². The minimum atomic E-state index is -0.365. The van der Waals surface area contributed by atoms with Gasteiger partial charge in [-0.2, -0.15) is 0 Å². The van der Waals surface area contributed by atoms with E-state index in [-0.39, 0.29) is 30.0 Å². The molecule has 2 heterocycles. The quantitative estimate of drug-likeness (QED) is 0.458. The number of carbonyl (C=O) groups is 1. The smallest absolute Gasteiger partial charge is 0.299 e. The van der Waals surface area contributed by atoms with Crippen molar-refractivity contribution in [1.29, 1.82) is 0 Å². The molecule has 4 aromatic rings. The summed E-state index contributed by atoms with van der Waals surface area (Å²) in [5.74, 6) is 0.567. The molecule has 1 N–H and O–H groups in total. The molecule has 4 rings (SSSR count). The third kappa shape index (κ3) is 4.54. The fraction of sp³-hybridized carbons (Fsp3) is 0.250. The lowest BCUT2D eigenvalue weighted by atomic mass is 10.1. The number of nitrogens with one attached hydrogen (secondary N) is 1. The van der Waals surface area contributed by atoms with E-state index >= 15 is 0 Å². The summed E-state index contributed by atoms with van der Waals surface area (Å²) in [6.45, 7) is 4.99. The first-order chi connectivity index (χ1) is 15.6. The Morgan fingerprint density at radius 3 is 2.72 bits per heavy atom. The van der Waals surface area contributed by atoms with Gasteiger partial charge in [-0.1, -0.05) is 53.2 Å². The first-order valence-corrected chi connectivity index (χ1v) is 10.5. The summed E-state index contributed by atoms with van der Waals surface area (Å²) in [4.78, 5) is 29.5. The Hall–Kier alpha value is -3.94. The van der Waals surface area contributed by atoms with Crippen LogP contribution in [0.25, 0.3) is 22.4 Å². The van der Waals surface area contributed by atoms with E-state index < -0.39 is 0 Å². The van der Waals surface area contributed by atoms with Gasteiger partial charge in [-0.15, -0.1) is 0 Å². The summed E-state index contributed by atoms with van der Waals surface area (Å²) in [6, 6.07) is 15.3. The van der Waals surface area contributed by atoms with Gasteiger partial charge in [-0.05, 0) is 19.9 Å². The van der Waals surface area contributed by atoms with E-state index in [9.17, 15) is 9.59 Å². The molecule has 8 heteroatoms. The van der Waals surface area contributed by atoms with E-state index in [0.717, 1.165) is 22.4 Å². The maximum atomic E-state index is 12.8. The predicted molar refractivity (Wildman–Crippen MR) is 120 cm³/mol. The predicted octanol–water partition coefficient (Wildman–Crippen LogP) is 3.47. The van der Waals surface area contributed by atoms with Crippen molar-refractivity contribution in [1.82, 2.24) is 20.0 Å². The van der Waals surface area contributed by atoms with Crippen LogP contribution in [0.1, 0.15) is 24.5 Å². The van der Waals surface area contributed by atoms with E-state index in [4.69, 9.17) is 9.26 Å². The molecule has 2 aromatic carbocycles. The molecule has 32 heavy (non-hydrogen) atoms. The van der Waals surface area contributed by atoms with E-state index in [1.165, 1.54) is 10.9 Å². The van der Waals surface area contributed by atoms with Gasteiger partial charge in [-0.25, -0.2) is 4.98 Å². The van der Waals surface area contributed by atoms with Crippen LogP contribution in [0.2, 0.25) is 0 Å². The average molecular weight is 432 g/mol. The zero-order valence-corrected chi connectivity index (χ0v) is 18.0. The van der Waals surface area contributed by atoms with Gasteiger partial charge >= 0.3 is 0 Å². The lowest BCUT2D eigenvalue weighted by molar-refractivity contribution is -0.121. The highest BCUT2D eigenvalue weighted by Gasteiger charge is 2.16. The van der Waals surface area contributed by atoms with Gasteiger partial charge in [0.2, 0.25) is 5.91 Å². The molecule has 1 amide bonds. The van der Waals surface area contributed by atoms with Crippen molar-refractivity contribution in [3.05, 3.63) is 76.3 Å². The van der Waals surface area contributed by atoms with Crippen molar-refractivity contribution >= 4 is 17.0 Å². The number of benzene rings is 2. The largest absolute Gasteiger partial charge is 0.494 e. The zero-order valence-electron chi connectivity index (χ0n) is 18.0. The van der Waals surface area contributed by atoms with Gasteiger partial charge in [0.15, 0.2) is 0 Å². The lowest BCUT2D eigenvalue weighted by Gasteiger charge is -2.11. The van der Waals surface area contributed by atoms with Gasteiger partial charge in [0.1, 0.15) is 17.0 Å². The molecular formula is C24H24N4O4. The summed E-state index contributed by atoms with van der Waals surface area (Å²) < 4.78 is 12.2. The highest BCUT2D eigenvalue weighted by Crippen LogP contribution is 2.24. The maximum Gasteiger partial charge on any atom is 0.299 e. The highest BCUT2D eigenvalue weighted by atomic mass is 16.5.